The predicted molar refractivity (Wildman–Crippen MR) is 92.9 cm³/mol. The molecular weight excluding hydrogens is 294 g/mol. The summed E-state index contributed by atoms with van der Waals surface area (Å²) in [6.45, 7) is 0. The largest absolute Gasteiger partial charge is 0.284 e. The van der Waals surface area contributed by atoms with Crippen LogP contribution in [0.2, 0.25) is 5.02 Å². The number of pyridine rings is 1. The van der Waals surface area contributed by atoms with Crippen molar-refractivity contribution in [2.45, 2.75) is 0 Å². The van der Waals surface area contributed by atoms with Crippen molar-refractivity contribution in [3.8, 4) is 0 Å². The number of hydrogen-bond acceptors (Lipinski definition) is 2. The lowest BCUT2D eigenvalue weighted by molar-refractivity contribution is 0.772. The van der Waals surface area contributed by atoms with E-state index in [9.17, 15) is 0 Å². The second-order valence-electron chi connectivity index (χ2n) is 4.89. The Bertz CT molecular complexity index is 761. The third kappa shape index (κ3) is 3.21. The lowest BCUT2D eigenvalue weighted by Gasteiger charge is -2.22. The molecule has 3 rings (SSSR count). The number of aromatic nitrogens is 2. The van der Waals surface area contributed by atoms with Crippen LogP contribution in [0.3, 0.4) is 0 Å². The number of anilines is 1. The number of benzene rings is 1. The van der Waals surface area contributed by atoms with Gasteiger partial charge in [0, 0.05) is 30.7 Å². The standard InChI is InChI=1S/C18H16ClN3/c1-21(17-10-12-20-13-11-17)22-14-2-3-18(22)9-6-15-4-7-16(19)8-5-15/h2-14H,1H3/b9-6+. The minimum atomic E-state index is 0.748. The van der Waals surface area contributed by atoms with Crippen LogP contribution in [-0.2, 0) is 0 Å². The Hall–Kier alpha value is -2.52. The van der Waals surface area contributed by atoms with E-state index in [1.807, 2.05) is 55.7 Å². The average molecular weight is 310 g/mol. The third-order valence-electron chi connectivity index (χ3n) is 3.43. The maximum atomic E-state index is 5.91. The zero-order valence-corrected chi connectivity index (χ0v) is 13.0. The highest BCUT2D eigenvalue weighted by atomic mass is 35.5. The van der Waals surface area contributed by atoms with Gasteiger partial charge in [0.15, 0.2) is 0 Å². The first-order chi connectivity index (χ1) is 10.7. The van der Waals surface area contributed by atoms with Gasteiger partial charge < -0.3 is 0 Å². The van der Waals surface area contributed by atoms with E-state index in [1.54, 1.807) is 12.4 Å². The van der Waals surface area contributed by atoms with Crippen molar-refractivity contribution in [2.24, 2.45) is 0 Å². The number of halogens is 1. The molecule has 3 aromatic rings. The molecule has 2 aromatic heterocycles. The SMILES string of the molecule is CN(c1ccncc1)n1cccc1/C=C/c1ccc(Cl)cc1. The van der Waals surface area contributed by atoms with E-state index in [2.05, 4.69) is 32.9 Å². The molecule has 0 radical (unpaired) electrons. The van der Waals surface area contributed by atoms with Gasteiger partial charge in [-0.2, -0.15) is 0 Å². The minimum absolute atomic E-state index is 0.748. The van der Waals surface area contributed by atoms with Gasteiger partial charge in [-0.3, -0.25) is 14.7 Å². The fraction of sp³-hybridized carbons (Fsp3) is 0.0556. The number of hydrogen-bond donors (Lipinski definition) is 0. The molecule has 2 heterocycles. The molecule has 0 aliphatic carbocycles. The highest BCUT2D eigenvalue weighted by Gasteiger charge is 2.05. The Balaban J connectivity index is 1.84. The highest BCUT2D eigenvalue weighted by molar-refractivity contribution is 6.30. The molecule has 0 fully saturated rings. The van der Waals surface area contributed by atoms with Crippen LogP contribution in [0.4, 0.5) is 5.69 Å². The predicted octanol–water partition coefficient (Wildman–Crippen LogP) is 4.61. The van der Waals surface area contributed by atoms with Crippen molar-refractivity contribution in [1.29, 1.82) is 0 Å². The van der Waals surface area contributed by atoms with Gasteiger partial charge in [-0.1, -0.05) is 29.8 Å². The molecule has 110 valence electrons. The van der Waals surface area contributed by atoms with E-state index in [-0.39, 0.29) is 0 Å². The molecule has 0 saturated carbocycles. The van der Waals surface area contributed by atoms with Gasteiger partial charge in [0.25, 0.3) is 0 Å². The zero-order valence-electron chi connectivity index (χ0n) is 12.2. The van der Waals surface area contributed by atoms with Crippen LogP contribution in [0.25, 0.3) is 12.2 Å². The fourth-order valence-electron chi connectivity index (χ4n) is 2.23. The van der Waals surface area contributed by atoms with Gasteiger partial charge in [-0.25, -0.2) is 0 Å². The molecule has 1 aromatic carbocycles. The van der Waals surface area contributed by atoms with E-state index in [4.69, 9.17) is 11.6 Å². The van der Waals surface area contributed by atoms with E-state index in [1.165, 1.54) is 0 Å². The third-order valence-corrected chi connectivity index (χ3v) is 3.69. The first kappa shape index (κ1) is 14.4. The number of nitrogens with zero attached hydrogens (tertiary/aromatic N) is 3. The van der Waals surface area contributed by atoms with E-state index in [0.29, 0.717) is 0 Å². The molecule has 0 amide bonds. The molecule has 0 aliphatic rings. The van der Waals surface area contributed by atoms with Crippen LogP contribution in [-0.4, -0.2) is 16.7 Å². The van der Waals surface area contributed by atoms with Gasteiger partial charge in [-0.15, -0.1) is 0 Å². The lowest BCUT2D eigenvalue weighted by Crippen LogP contribution is -2.24. The van der Waals surface area contributed by atoms with Crippen LogP contribution < -0.4 is 5.01 Å². The van der Waals surface area contributed by atoms with Gasteiger partial charge in [0.1, 0.15) is 0 Å². The Morgan fingerprint density at radius 1 is 1.00 bits per heavy atom. The normalized spacial score (nSPS) is 11.0. The maximum Gasteiger partial charge on any atom is 0.0626 e. The van der Waals surface area contributed by atoms with Gasteiger partial charge in [0.2, 0.25) is 0 Å². The summed E-state index contributed by atoms with van der Waals surface area (Å²) in [7, 11) is 2.02. The summed E-state index contributed by atoms with van der Waals surface area (Å²) in [4.78, 5) is 4.05. The van der Waals surface area contributed by atoms with E-state index in [0.717, 1.165) is 22.0 Å². The molecule has 22 heavy (non-hydrogen) atoms. The van der Waals surface area contributed by atoms with Gasteiger partial charge in [-0.05, 0) is 48.0 Å². The monoisotopic (exact) mass is 309 g/mol. The Morgan fingerprint density at radius 3 is 2.45 bits per heavy atom. The molecule has 0 spiro atoms. The van der Waals surface area contributed by atoms with Crippen LogP contribution in [0.5, 0.6) is 0 Å². The molecular formula is C18H16ClN3. The molecule has 0 atom stereocenters. The van der Waals surface area contributed by atoms with Gasteiger partial charge in [0.05, 0.1) is 11.4 Å². The van der Waals surface area contributed by atoms with Crippen molar-refractivity contribution in [1.82, 2.24) is 9.66 Å². The number of rotatable bonds is 4. The van der Waals surface area contributed by atoms with Crippen LogP contribution in [0.15, 0.2) is 67.1 Å². The summed E-state index contributed by atoms with van der Waals surface area (Å²) in [5, 5.41) is 2.82. The van der Waals surface area contributed by atoms with Crippen molar-refractivity contribution in [3.63, 3.8) is 0 Å². The van der Waals surface area contributed by atoms with Crippen molar-refractivity contribution in [3.05, 3.63) is 83.4 Å². The van der Waals surface area contributed by atoms with Crippen molar-refractivity contribution >= 4 is 29.4 Å². The zero-order chi connectivity index (χ0) is 15.4. The summed E-state index contributed by atoms with van der Waals surface area (Å²) >= 11 is 5.91. The second kappa shape index (κ2) is 6.50. The maximum absolute atomic E-state index is 5.91. The molecule has 0 aliphatic heterocycles. The van der Waals surface area contributed by atoms with Crippen LogP contribution >= 0.6 is 11.6 Å². The first-order valence-electron chi connectivity index (χ1n) is 6.99. The Morgan fingerprint density at radius 2 is 1.73 bits per heavy atom. The van der Waals surface area contributed by atoms with Crippen LogP contribution in [0.1, 0.15) is 11.3 Å². The highest BCUT2D eigenvalue weighted by Crippen LogP contribution is 2.17. The van der Waals surface area contributed by atoms with Crippen molar-refractivity contribution in [2.75, 3.05) is 12.1 Å². The van der Waals surface area contributed by atoms with Gasteiger partial charge >= 0.3 is 0 Å². The molecule has 0 saturated heterocycles. The molecule has 3 nitrogen and oxygen atoms in total. The Kier molecular flexibility index (Phi) is 4.26. The van der Waals surface area contributed by atoms with Crippen molar-refractivity contribution < 1.29 is 0 Å². The average Bonchev–Trinajstić information content (AvgIpc) is 3.03. The smallest absolute Gasteiger partial charge is 0.0626 e. The summed E-state index contributed by atoms with van der Waals surface area (Å²) in [5.74, 6) is 0. The van der Waals surface area contributed by atoms with Crippen LogP contribution in [0, 0.1) is 0 Å². The van der Waals surface area contributed by atoms with E-state index >= 15 is 0 Å². The lowest BCUT2D eigenvalue weighted by atomic mass is 10.2. The molecule has 0 bridgehead atoms. The summed E-state index contributed by atoms with van der Waals surface area (Å²) in [6, 6.07) is 15.8. The summed E-state index contributed by atoms with van der Waals surface area (Å²) in [5.41, 5.74) is 3.28. The topological polar surface area (TPSA) is 21.1 Å². The summed E-state index contributed by atoms with van der Waals surface area (Å²) < 4.78 is 2.09. The molecule has 4 heteroatoms. The summed E-state index contributed by atoms with van der Waals surface area (Å²) in [6.07, 6.45) is 9.77. The first-order valence-corrected chi connectivity index (χ1v) is 7.37. The molecule has 0 N–H and O–H groups in total. The fourth-order valence-corrected chi connectivity index (χ4v) is 2.36. The minimum Gasteiger partial charge on any atom is -0.284 e. The Labute approximate surface area is 135 Å². The van der Waals surface area contributed by atoms with E-state index < -0.39 is 0 Å². The molecule has 0 unspecified atom stereocenters. The quantitative estimate of drug-likeness (QED) is 0.702. The second-order valence-corrected chi connectivity index (χ2v) is 5.33.